The quantitative estimate of drug-likeness (QED) is 0.634. The van der Waals surface area contributed by atoms with Crippen LogP contribution in [0.5, 0.6) is 0 Å². The number of benzene rings is 2. The smallest absolute Gasteiger partial charge is 0.131 e. The minimum absolute atomic E-state index is 0.371. The lowest BCUT2D eigenvalue weighted by Gasteiger charge is -2.03. The molecule has 0 aliphatic carbocycles. The summed E-state index contributed by atoms with van der Waals surface area (Å²) in [5.74, 6) is 0.371. The maximum atomic E-state index is 6.02. The van der Waals surface area contributed by atoms with Gasteiger partial charge in [-0.2, -0.15) is 0 Å². The third kappa shape index (κ3) is 3.16. The zero-order valence-electron chi connectivity index (χ0n) is 9.20. The van der Waals surface area contributed by atoms with Crippen molar-refractivity contribution in [2.75, 3.05) is 0 Å². The van der Waals surface area contributed by atoms with Crippen molar-refractivity contribution in [2.45, 2.75) is 0 Å². The Morgan fingerprint density at radius 1 is 0.889 bits per heavy atom. The summed E-state index contributed by atoms with van der Waals surface area (Å²) in [6.07, 6.45) is 0. The normalized spacial score (nSPS) is 11.6. The van der Waals surface area contributed by atoms with Crippen LogP contribution in [-0.2, 0) is 0 Å². The molecule has 0 fully saturated rings. The van der Waals surface area contributed by atoms with E-state index in [0.29, 0.717) is 26.6 Å². The molecule has 0 atom stereocenters. The van der Waals surface area contributed by atoms with Crippen LogP contribution in [0.4, 0.5) is 5.69 Å². The second-order valence-corrected chi connectivity index (χ2v) is 4.88. The van der Waals surface area contributed by atoms with Gasteiger partial charge in [0.25, 0.3) is 0 Å². The lowest BCUT2D eigenvalue weighted by Crippen LogP contribution is -2.12. The van der Waals surface area contributed by atoms with E-state index in [0.717, 1.165) is 5.56 Å². The molecule has 2 aromatic carbocycles. The zero-order chi connectivity index (χ0) is 13.1. The van der Waals surface area contributed by atoms with E-state index in [9.17, 15) is 0 Å². The van der Waals surface area contributed by atoms with Gasteiger partial charge in [-0.25, -0.2) is 4.99 Å². The fourth-order valence-electron chi connectivity index (χ4n) is 1.39. The molecule has 18 heavy (non-hydrogen) atoms. The SMILES string of the molecule is NC(=Nc1ccc(Cl)cc1Cl)c1ccc(Cl)cc1. The van der Waals surface area contributed by atoms with Gasteiger partial charge in [0.2, 0.25) is 0 Å². The standard InChI is InChI=1S/C13H9Cl3N2/c14-9-3-1-8(2-4-9)13(17)18-12-6-5-10(15)7-11(12)16/h1-7H,(H2,17,18). The molecule has 0 heterocycles. The highest BCUT2D eigenvalue weighted by atomic mass is 35.5. The summed E-state index contributed by atoms with van der Waals surface area (Å²) in [5.41, 5.74) is 7.26. The molecule has 2 nitrogen and oxygen atoms in total. The van der Waals surface area contributed by atoms with E-state index in [1.807, 2.05) is 0 Å². The first-order chi connectivity index (χ1) is 8.56. The van der Waals surface area contributed by atoms with Gasteiger partial charge in [0.05, 0.1) is 10.7 Å². The van der Waals surface area contributed by atoms with E-state index in [4.69, 9.17) is 40.5 Å². The molecular formula is C13H9Cl3N2. The van der Waals surface area contributed by atoms with Crippen molar-refractivity contribution in [2.24, 2.45) is 10.7 Å². The molecule has 0 unspecified atom stereocenters. The van der Waals surface area contributed by atoms with Crippen LogP contribution in [0.15, 0.2) is 47.5 Å². The number of nitrogens with two attached hydrogens (primary N) is 1. The molecule has 92 valence electrons. The second kappa shape index (κ2) is 5.61. The average Bonchev–Trinajstić information content (AvgIpc) is 2.33. The fraction of sp³-hybridized carbons (Fsp3) is 0. The van der Waals surface area contributed by atoms with Gasteiger partial charge < -0.3 is 5.73 Å². The Morgan fingerprint density at radius 2 is 1.50 bits per heavy atom. The molecule has 0 saturated carbocycles. The number of amidine groups is 1. The molecule has 0 bridgehead atoms. The van der Waals surface area contributed by atoms with Gasteiger partial charge in [-0.3, -0.25) is 0 Å². The third-order valence-electron chi connectivity index (χ3n) is 2.29. The van der Waals surface area contributed by atoms with E-state index in [1.54, 1.807) is 42.5 Å². The Bertz CT molecular complexity index is 592. The monoisotopic (exact) mass is 298 g/mol. The van der Waals surface area contributed by atoms with E-state index in [2.05, 4.69) is 4.99 Å². The van der Waals surface area contributed by atoms with Crippen LogP contribution in [-0.4, -0.2) is 5.84 Å². The molecule has 0 saturated heterocycles. The maximum absolute atomic E-state index is 6.02. The average molecular weight is 300 g/mol. The molecule has 0 aromatic heterocycles. The summed E-state index contributed by atoms with van der Waals surface area (Å²) in [4.78, 5) is 4.26. The highest BCUT2D eigenvalue weighted by Gasteiger charge is 2.03. The van der Waals surface area contributed by atoms with Gasteiger partial charge in [-0.05, 0) is 42.5 Å². The second-order valence-electron chi connectivity index (χ2n) is 3.60. The molecule has 2 aromatic rings. The topological polar surface area (TPSA) is 38.4 Å². The minimum Gasteiger partial charge on any atom is -0.383 e. The van der Waals surface area contributed by atoms with Crippen LogP contribution in [0.3, 0.4) is 0 Å². The Hall–Kier alpha value is -1.22. The van der Waals surface area contributed by atoms with Crippen LogP contribution in [0.1, 0.15) is 5.56 Å². The predicted octanol–water partition coefficient (Wildman–Crippen LogP) is 4.68. The molecule has 0 spiro atoms. The molecule has 2 N–H and O–H groups in total. The van der Waals surface area contributed by atoms with Crippen LogP contribution < -0.4 is 5.73 Å². The number of hydrogen-bond acceptors (Lipinski definition) is 1. The Kier molecular flexibility index (Phi) is 4.12. The van der Waals surface area contributed by atoms with Crippen molar-refractivity contribution in [1.29, 1.82) is 0 Å². The molecule has 5 heteroatoms. The summed E-state index contributed by atoms with van der Waals surface area (Å²) >= 11 is 17.6. The van der Waals surface area contributed by atoms with E-state index < -0.39 is 0 Å². The van der Waals surface area contributed by atoms with Crippen LogP contribution in [0.2, 0.25) is 15.1 Å². The lowest BCUT2D eigenvalue weighted by molar-refractivity contribution is 1.45. The van der Waals surface area contributed by atoms with Crippen molar-refractivity contribution in [3.05, 3.63) is 63.1 Å². The van der Waals surface area contributed by atoms with Gasteiger partial charge in [-0.15, -0.1) is 0 Å². The minimum atomic E-state index is 0.371. The summed E-state index contributed by atoms with van der Waals surface area (Å²) < 4.78 is 0. The first kappa shape index (κ1) is 13.2. The number of rotatable bonds is 2. The highest BCUT2D eigenvalue weighted by Crippen LogP contribution is 2.28. The number of halogens is 3. The Morgan fingerprint density at radius 3 is 2.11 bits per heavy atom. The molecule has 0 aliphatic heterocycles. The first-order valence-electron chi connectivity index (χ1n) is 5.11. The van der Waals surface area contributed by atoms with Crippen molar-refractivity contribution in [3.8, 4) is 0 Å². The summed E-state index contributed by atoms with van der Waals surface area (Å²) in [6, 6.07) is 12.1. The van der Waals surface area contributed by atoms with Crippen LogP contribution in [0.25, 0.3) is 0 Å². The predicted molar refractivity (Wildman–Crippen MR) is 78.3 cm³/mol. The van der Waals surface area contributed by atoms with Crippen LogP contribution >= 0.6 is 34.8 Å². The maximum Gasteiger partial charge on any atom is 0.131 e. The van der Waals surface area contributed by atoms with Gasteiger partial charge in [0.1, 0.15) is 5.84 Å². The molecule has 0 radical (unpaired) electrons. The molecule has 2 rings (SSSR count). The lowest BCUT2D eigenvalue weighted by atomic mass is 10.2. The summed E-state index contributed by atoms with van der Waals surface area (Å²) in [5, 5.41) is 1.67. The van der Waals surface area contributed by atoms with E-state index in [-0.39, 0.29) is 0 Å². The number of nitrogens with zero attached hydrogens (tertiary/aromatic N) is 1. The van der Waals surface area contributed by atoms with Gasteiger partial charge in [-0.1, -0.05) is 34.8 Å². The van der Waals surface area contributed by atoms with Crippen molar-refractivity contribution >= 4 is 46.3 Å². The van der Waals surface area contributed by atoms with Gasteiger partial charge >= 0.3 is 0 Å². The van der Waals surface area contributed by atoms with Crippen LogP contribution in [0, 0.1) is 0 Å². The van der Waals surface area contributed by atoms with Gasteiger partial charge in [0, 0.05) is 15.6 Å². The van der Waals surface area contributed by atoms with Crippen molar-refractivity contribution < 1.29 is 0 Å². The Labute approximate surface area is 120 Å². The number of hydrogen-bond donors (Lipinski definition) is 1. The van der Waals surface area contributed by atoms with Gasteiger partial charge in [0.15, 0.2) is 0 Å². The summed E-state index contributed by atoms with van der Waals surface area (Å²) in [6.45, 7) is 0. The highest BCUT2D eigenvalue weighted by molar-refractivity contribution is 6.36. The first-order valence-corrected chi connectivity index (χ1v) is 6.25. The molecule has 0 amide bonds. The zero-order valence-corrected chi connectivity index (χ0v) is 11.5. The molecular weight excluding hydrogens is 291 g/mol. The molecule has 0 aliphatic rings. The van der Waals surface area contributed by atoms with E-state index in [1.165, 1.54) is 0 Å². The third-order valence-corrected chi connectivity index (χ3v) is 3.08. The van der Waals surface area contributed by atoms with Crippen molar-refractivity contribution in [1.82, 2.24) is 0 Å². The largest absolute Gasteiger partial charge is 0.383 e. The summed E-state index contributed by atoms with van der Waals surface area (Å²) in [7, 11) is 0. The fourth-order valence-corrected chi connectivity index (χ4v) is 1.96. The van der Waals surface area contributed by atoms with E-state index >= 15 is 0 Å². The Balaban J connectivity index is 2.35. The number of aliphatic imine (C=N–C) groups is 1. The van der Waals surface area contributed by atoms with Crippen molar-refractivity contribution in [3.63, 3.8) is 0 Å².